The molecule has 0 bridgehead atoms. The van der Waals surface area contributed by atoms with Gasteiger partial charge in [-0.05, 0) is 0 Å². The third-order valence-electron chi connectivity index (χ3n) is 0.478. The van der Waals surface area contributed by atoms with E-state index in [1.807, 2.05) is 0 Å². The molecular weight excluding hydrogens is 330 g/mol. The van der Waals surface area contributed by atoms with Crippen LogP contribution in [0.15, 0.2) is 0 Å². The Kier molecular flexibility index (Phi) is 25.3. The summed E-state index contributed by atoms with van der Waals surface area (Å²) in [5, 5.41) is 0. The summed E-state index contributed by atoms with van der Waals surface area (Å²) >= 11 is 21.6. The molecule has 70 valence electrons. The van der Waals surface area contributed by atoms with Gasteiger partial charge in [0.2, 0.25) is 0 Å². The molecule has 0 saturated carbocycles. The summed E-state index contributed by atoms with van der Waals surface area (Å²) < 4.78 is -3.19. The summed E-state index contributed by atoms with van der Waals surface area (Å²) in [5.74, 6) is 0. The topological polar surface area (TPSA) is 0 Å². The van der Waals surface area contributed by atoms with Crippen LogP contribution in [0.4, 0.5) is 0 Å². The minimum atomic E-state index is -3.19. The van der Waals surface area contributed by atoms with E-state index in [1.54, 1.807) is 6.92 Å². The second-order valence-corrected chi connectivity index (χ2v) is 15.6. The molecule has 0 N–H and O–H groups in total. The molecule has 0 aliphatic rings. The molecule has 0 saturated heterocycles. The predicted molar refractivity (Wildman–Crippen MR) is 46.6 cm³/mol. The molecule has 0 spiro atoms. The van der Waals surface area contributed by atoms with Gasteiger partial charge in [0.05, 0.1) is 0 Å². The van der Waals surface area contributed by atoms with Crippen molar-refractivity contribution in [3.8, 4) is 0 Å². The van der Waals surface area contributed by atoms with E-state index >= 15 is 0 Å². The van der Waals surface area contributed by atoms with Gasteiger partial charge in [-0.15, -0.1) is 0 Å². The maximum absolute atomic E-state index is 5.40. The van der Waals surface area contributed by atoms with Crippen LogP contribution in [0.1, 0.15) is 6.92 Å². The fourth-order valence-electron chi connectivity index (χ4n) is 0. The number of hydrogen-bond donors (Lipinski definition) is 0. The second-order valence-electron chi connectivity index (χ2n) is 1.18. The summed E-state index contributed by atoms with van der Waals surface area (Å²) in [7, 11) is 0. The SMILES string of the molecule is CCP(Cl)(Cl)(Cl)Cl.[Al+3].[Cl-].[Cl-].[Cl-]. The van der Waals surface area contributed by atoms with E-state index in [1.165, 1.54) is 0 Å². The summed E-state index contributed by atoms with van der Waals surface area (Å²) in [6.07, 6.45) is 0.428. The number of halogens is 7. The molecular formula is C2H5AlCl7P. The van der Waals surface area contributed by atoms with Crippen LogP contribution < -0.4 is 37.2 Å². The van der Waals surface area contributed by atoms with Crippen LogP contribution >= 0.6 is 49.0 Å². The summed E-state index contributed by atoms with van der Waals surface area (Å²) in [4.78, 5) is 0. The summed E-state index contributed by atoms with van der Waals surface area (Å²) in [6, 6.07) is 0. The number of hydrogen-bond acceptors (Lipinski definition) is 0. The third kappa shape index (κ3) is 32.1. The standard InChI is InChI=1S/C2H5Cl4P.Al.3ClH/c1-2-7(3,4,5)6;;;;/h2H2,1H3;;3*1H/q;+3;;;/p-3. The molecule has 0 aromatic carbocycles. The predicted octanol–water partition coefficient (Wildman–Crippen LogP) is -5.19. The van der Waals surface area contributed by atoms with Gasteiger partial charge in [-0.2, -0.15) is 0 Å². The van der Waals surface area contributed by atoms with Crippen molar-refractivity contribution in [2.24, 2.45) is 0 Å². The van der Waals surface area contributed by atoms with Crippen molar-refractivity contribution >= 4 is 66.3 Å². The van der Waals surface area contributed by atoms with Gasteiger partial charge in [0, 0.05) is 0 Å². The molecule has 0 atom stereocenters. The van der Waals surface area contributed by atoms with Crippen LogP contribution in [0.2, 0.25) is 0 Å². The van der Waals surface area contributed by atoms with E-state index in [-0.39, 0.29) is 54.6 Å². The van der Waals surface area contributed by atoms with Crippen molar-refractivity contribution < 1.29 is 37.2 Å². The third-order valence-corrected chi connectivity index (χ3v) is 4.30. The molecule has 0 aliphatic heterocycles. The number of rotatable bonds is 1. The summed E-state index contributed by atoms with van der Waals surface area (Å²) in [6.45, 7) is 1.75. The van der Waals surface area contributed by atoms with E-state index in [0.29, 0.717) is 6.16 Å². The van der Waals surface area contributed by atoms with E-state index in [2.05, 4.69) is 0 Å². The molecule has 0 nitrogen and oxygen atoms in total. The molecule has 0 aromatic rings. The first-order chi connectivity index (χ1) is 2.81. The van der Waals surface area contributed by atoms with Crippen molar-refractivity contribution in [3.63, 3.8) is 0 Å². The van der Waals surface area contributed by atoms with Crippen LogP contribution in [0.3, 0.4) is 0 Å². The molecule has 0 amide bonds. The average Bonchev–Trinajstić information content (AvgIpc) is 1.32. The van der Waals surface area contributed by atoms with Crippen LogP contribution in [0.25, 0.3) is 0 Å². The molecule has 0 heterocycles. The molecule has 0 unspecified atom stereocenters. The maximum atomic E-state index is 5.40. The fraction of sp³-hybridized carbons (Fsp3) is 1.00. The van der Waals surface area contributed by atoms with E-state index in [4.69, 9.17) is 45.0 Å². The zero-order chi connectivity index (χ0) is 6.15. The quantitative estimate of drug-likeness (QED) is 0.332. The van der Waals surface area contributed by atoms with Gasteiger partial charge < -0.3 is 37.2 Å². The van der Waals surface area contributed by atoms with Crippen molar-refractivity contribution in [1.82, 2.24) is 0 Å². The average molecular weight is 335 g/mol. The van der Waals surface area contributed by atoms with Crippen molar-refractivity contribution in [3.05, 3.63) is 0 Å². The fourth-order valence-corrected chi connectivity index (χ4v) is 0. The Morgan fingerprint density at radius 2 is 1.00 bits per heavy atom. The largest absolute Gasteiger partial charge is 3.00 e. The van der Waals surface area contributed by atoms with E-state index in [9.17, 15) is 0 Å². The molecule has 0 radical (unpaired) electrons. The minimum Gasteiger partial charge on any atom is -1.00 e. The zero-order valence-corrected chi connectivity index (χ0v) is 12.7. The first-order valence-corrected chi connectivity index (χ1v) is 7.74. The van der Waals surface area contributed by atoms with Gasteiger partial charge in [-0.3, -0.25) is 0 Å². The van der Waals surface area contributed by atoms with Crippen LogP contribution in [-0.4, -0.2) is 23.5 Å². The smallest absolute Gasteiger partial charge is 1.00 e. The van der Waals surface area contributed by atoms with Crippen molar-refractivity contribution in [2.75, 3.05) is 6.16 Å². The maximum Gasteiger partial charge on any atom is 3.00 e. The molecule has 0 fully saturated rings. The van der Waals surface area contributed by atoms with Gasteiger partial charge in [-0.25, -0.2) is 0 Å². The summed E-state index contributed by atoms with van der Waals surface area (Å²) in [5.41, 5.74) is 0. The second kappa shape index (κ2) is 9.54. The Hall–Kier alpha value is 2.99. The van der Waals surface area contributed by atoms with E-state index in [0.717, 1.165) is 0 Å². The van der Waals surface area contributed by atoms with Gasteiger partial charge in [0.1, 0.15) is 0 Å². The molecule has 0 aromatic heterocycles. The first kappa shape index (κ1) is 29.2. The van der Waals surface area contributed by atoms with Crippen LogP contribution in [0.5, 0.6) is 0 Å². The Morgan fingerprint density at radius 1 is 0.909 bits per heavy atom. The Balaban J connectivity index is -0.0000000300. The van der Waals surface area contributed by atoms with Gasteiger partial charge >= 0.3 is 79.4 Å². The molecule has 9 heteroatoms. The molecule has 11 heavy (non-hydrogen) atoms. The zero-order valence-electron chi connectivity index (χ0n) is 5.38. The minimum absolute atomic E-state index is 0. The Bertz CT molecular complexity index is 69.0. The van der Waals surface area contributed by atoms with Gasteiger partial charge in [-0.1, -0.05) is 0 Å². The Labute approximate surface area is 115 Å². The van der Waals surface area contributed by atoms with Crippen LogP contribution in [-0.2, 0) is 0 Å². The molecule has 0 rings (SSSR count). The van der Waals surface area contributed by atoms with E-state index < -0.39 is 4.01 Å². The van der Waals surface area contributed by atoms with Crippen molar-refractivity contribution in [1.29, 1.82) is 0 Å². The monoisotopic (exact) mass is 332 g/mol. The first-order valence-electron chi connectivity index (χ1n) is 1.70. The van der Waals surface area contributed by atoms with Gasteiger partial charge in [0.15, 0.2) is 0 Å². The normalized spacial score (nSPS) is 11.5. The van der Waals surface area contributed by atoms with Crippen molar-refractivity contribution in [2.45, 2.75) is 6.92 Å². The van der Waals surface area contributed by atoms with Crippen LogP contribution in [0, 0.1) is 0 Å². The molecule has 0 aliphatic carbocycles. The Morgan fingerprint density at radius 3 is 1.00 bits per heavy atom. The van der Waals surface area contributed by atoms with Gasteiger partial charge in [0.25, 0.3) is 0 Å².